The molecule has 170 valence electrons. The number of hydrogen-bond acceptors (Lipinski definition) is 6. The second-order valence-electron chi connectivity index (χ2n) is 10.2. The van der Waals surface area contributed by atoms with Crippen molar-refractivity contribution in [3.63, 3.8) is 0 Å². The third-order valence-corrected chi connectivity index (χ3v) is 7.72. The summed E-state index contributed by atoms with van der Waals surface area (Å²) in [6.45, 7) is 13.2. The number of benzene rings is 1. The van der Waals surface area contributed by atoms with Crippen LogP contribution in [0.4, 0.5) is 0 Å². The number of aryl methyl sites for hydroxylation is 1. The molecule has 1 aliphatic heterocycles. The minimum atomic E-state index is 0.120. The first-order valence-corrected chi connectivity index (χ1v) is 12.6. The van der Waals surface area contributed by atoms with Crippen LogP contribution in [0, 0.1) is 5.92 Å². The van der Waals surface area contributed by atoms with Gasteiger partial charge in [-0.15, -0.1) is 11.3 Å². The van der Waals surface area contributed by atoms with Crippen molar-refractivity contribution < 1.29 is 9.47 Å². The molecular formula is C26H33N3O2S. The van der Waals surface area contributed by atoms with Crippen molar-refractivity contribution in [1.82, 2.24) is 14.9 Å². The van der Waals surface area contributed by atoms with Crippen molar-refractivity contribution in [3.05, 3.63) is 46.1 Å². The Morgan fingerprint density at radius 3 is 2.59 bits per heavy atom. The van der Waals surface area contributed by atoms with E-state index in [9.17, 15) is 0 Å². The van der Waals surface area contributed by atoms with E-state index >= 15 is 0 Å². The Labute approximate surface area is 194 Å². The lowest BCUT2D eigenvalue weighted by Gasteiger charge is -2.25. The van der Waals surface area contributed by atoms with E-state index in [2.05, 4.69) is 56.9 Å². The zero-order valence-corrected chi connectivity index (χ0v) is 20.4. The van der Waals surface area contributed by atoms with E-state index in [1.54, 1.807) is 0 Å². The maximum absolute atomic E-state index is 6.45. The molecule has 5 nitrogen and oxygen atoms in total. The van der Waals surface area contributed by atoms with Gasteiger partial charge in [0.05, 0.1) is 25.1 Å². The van der Waals surface area contributed by atoms with Gasteiger partial charge in [0.2, 0.25) is 5.88 Å². The first-order chi connectivity index (χ1) is 15.4. The van der Waals surface area contributed by atoms with Crippen LogP contribution in [0.15, 0.2) is 24.3 Å². The number of hydrogen-bond donors (Lipinski definition) is 0. The van der Waals surface area contributed by atoms with E-state index in [1.165, 1.54) is 22.4 Å². The Balaban J connectivity index is 1.52. The molecule has 2 aliphatic rings. The van der Waals surface area contributed by atoms with Gasteiger partial charge in [0.15, 0.2) is 0 Å². The molecule has 1 aliphatic carbocycles. The number of aromatic nitrogens is 2. The van der Waals surface area contributed by atoms with Gasteiger partial charge in [-0.1, -0.05) is 39.8 Å². The second kappa shape index (κ2) is 8.73. The molecule has 0 spiro atoms. The quantitative estimate of drug-likeness (QED) is 0.506. The molecule has 1 fully saturated rings. The van der Waals surface area contributed by atoms with Gasteiger partial charge in [-0.3, -0.25) is 4.90 Å². The zero-order valence-electron chi connectivity index (χ0n) is 19.6. The first-order valence-electron chi connectivity index (χ1n) is 11.8. The molecular weight excluding hydrogens is 418 g/mol. The molecule has 0 bridgehead atoms. The highest BCUT2D eigenvalue weighted by Gasteiger charge is 2.25. The molecule has 32 heavy (non-hydrogen) atoms. The smallest absolute Gasteiger partial charge is 0.231 e. The summed E-state index contributed by atoms with van der Waals surface area (Å²) in [4.78, 5) is 14.8. The summed E-state index contributed by atoms with van der Waals surface area (Å²) in [6, 6.07) is 8.45. The minimum Gasteiger partial charge on any atom is -0.438 e. The molecule has 5 rings (SSSR count). The fourth-order valence-corrected chi connectivity index (χ4v) is 5.98. The summed E-state index contributed by atoms with van der Waals surface area (Å²) < 4.78 is 12.0. The molecule has 0 N–H and O–H groups in total. The van der Waals surface area contributed by atoms with Crippen LogP contribution in [0.5, 0.6) is 11.6 Å². The summed E-state index contributed by atoms with van der Waals surface area (Å²) in [5, 5.41) is 1.13. The van der Waals surface area contributed by atoms with Gasteiger partial charge in [-0.05, 0) is 53.9 Å². The van der Waals surface area contributed by atoms with Gasteiger partial charge in [0.1, 0.15) is 16.4 Å². The average molecular weight is 452 g/mol. The molecule has 1 aromatic carbocycles. The topological polar surface area (TPSA) is 47.5 Å². The van der Waals surface area contributed by atoms with Crippen LogP contribution in [0.2, 0.25) is 0 Å². The Kier molecular flexibility index (Phi) is 5.95. The normalized spacial score (nSPS) is 19.8. The zero-order chi connectivity index (χ0) is 22.3. The number of nitrogens with zero attached hydrogens (tertiary/aromatic N) is 3. The van der Waals surface area contributed by atoms with Gasteiger partial charge in [0, 0.05) is 18.0 Å². The highest BCUT2D eigenvalue weighted by molar-refractivity contribution is 7.18. The van der Waals surface area contributed by atoms with E-state index in [1.807, 2.05) is 11.3 Å². The summed E-state index contributed by atoms with van der Waals surface area (Å²) in [5.74, 6) is 3.12. The van der Waals surface area contributed by atoms with E-state index in [-0.39, 0.29) is 5.41 Å². The predicted molar refractivity (Wildman–Crippen MR) is 130 cm³/mol. The Hall–Kier alpha value is -2.02. The van der Waals surface area contributed by atoms with Gasteiger partial charge < -0.3 is 9.47 Å². The van der Waals surface area contributed by atoms with Crippen LogP contribution in [-0.2, 0) is 29.5 Å². The van der Waals surface area contributed by atoms with Crippen LogP contribution in [0.3, 0.4) is 0 Å². The van der Waals surface area contributed by atoms with Crippen molar-refractivity contribution in [2.75, 3.05) is 26.3 Å². The molecule has 0 amide bonds. The van der Waals surface area contributed by atoms with Gasteiger partial charge in [0.25, 0.3) is 0 Å². The van der Waals surface area contributed by atoms with Crippen LogP contribution in [0.1, 0.15) is 55.9 Å². The Morgan fingerprint density at radius 1 is 1.12 bits per heavy atom. The van der Waals surface area contributed by atoms with E-state index in [0.29, 0.717) is 5.88 Å². The van der Waals surface area contributed by atoms with Crippen molar-refractivity contribution in [2.24, 2.45) is 5.92 Å². The maximum Gasteiger partial charge on any atom is 0.231 e. The van der Waals surface area contributed by atoms with E-state index in [0.717, 1.165) is 73.4 Å². The van der Waals surface area contributed by atoms with E-state index < -0.39 is 0 Å². The molecule has 2 aromatic heterocycles. The molecule has 1 saturated heterocycles. The van der Waals surface area contributed by atoms with Gasteiger partial charge in [-0.2, -0.15) is 4.98 Å². The monoisotopic (exact) mass is 451 g/mol. The SMILES string of the molecule is C[C@@H]1CCc2c(sc3nc(CN4CCOCC4)nc(Oc4ccc(C(C)(C)C)cc4)c23)C1. The van der Waals surface area contributed by atoms with E-state index in [4.69, 9.17) is 19.4 Å². The largest absolute Gasteiger partial charge is 0.438 e. The van der Waals surface area contributed by atoms with Crippen LogP contribution < -0.4 is 4.74 Å². The lowest BCUT2D eigenvalue weighted by atomic mass is 9.87. The van der Waals surface area contributed by atoms with Crippen LogP contribution in [0.25, 0.3) is 10.2 Å². The lowest BCUT2D eigenvalue weighted by Crippen LogP contribution is -2.36. The maximum atomic E-state index is 6.45. The number of fused-ring (bicyclic) bond motifs is 3. The highest BCUT2D eigenvalue weighted by Crippen LogP contribution is 2.42. The van der Waals surface area contributed by atoms with Gasteiger partial charge in [-0.25, -0.2) is 4.98 Å². The molecule has 1 atom stereocenters. The molecule has 3 heterocycles. The molecule has 0 unspecified atom stereocenters. The van der Waals surface area contributed by atoms with Crippen molar-refractivity contribution >= 4 is 21.6 Å². The van der Waals surface area contributed by atoms with Crippen LogP contribution >= 0.6 is 11.3 Å². The van der Waals surface area contributed by atoms with Gasteiger partial charge >= 0.3 is 0 Å². The number of thiophene rings is 1. The summed E-state index contributed by atoms with van der Waals surface area (Å²) >= 11 is 1.84. The third-order valence-electron chi connectivity index (χ3n) is 6.57. The Morgan fingerprint density at radius 2 is 1.88 bits per heavy atom. The second-order valence-corrected chi connectivity index (χ2v) is 11.3. The first kappa shape index (κ1) is 21.8. The fraction of sp³-hybridized carbons (Fsp3) is 0.538. The van der Waals surface area contributed by atoms with Crippen molar-refractivity contribution in [1.29, 1.82) is 0 Å². The standard InChI is InChI=1S/C26H33N3O2S/c1-17-5-10-20-21(15-17)32-25-23(20)24(27-22(28-25)16-29-11-13-30-14-12-29)31-19-8-6-18(7-9-19)26(2,3)4/h6-9,17H,5,10-16H2,1-4H3/t17-/m1/s1. The fourth-order valence-electron chi connectivity index (χ4n) is 4.59. The highest BCUT2D eigenvalue weighted by atomic mass is 32.1. The Bertz CT molecular complexity index is 1090. The van der Waals surface area contributed by atoms with Crippen molar-refractivity contribution in [3.8, 4) is 11.6 Å². The molecule has 6 heteroatoms. The number of ether oxygens (including phenoxy) is 2. The molecule has 3 aromatic rings. The summed E-state index contributed by atoms with van der Waals surface area (Å²) in [6.07, 6.45) is 3.44. The number of morpholine rings is 1. The predicted octanol–water partition coefficient (Wildman–Crippen LogP) is 5.74. The number of rotatable bonds is 4. The average Bonchev–Trinajstić information content (AvgIpc) is 3.11. The summed E-state index contributed by atoms with van der Waals surface area (Å²) in [7, 11) is 0. The third kappa shape index (κ3) is 4.54. The van der Waals surface area contributed by atoms with Crippen molar-refractivity contribution in [2.45, 2.75) is 58.9 Å². The molecule has 0 radical (unpaired) electrons. The molecule has 0 saturated carbocycles. The minimum absolute atomic E-state index is 0.120. The van der Waals surface area contributed by atoms with Crippen LogP contribution in [-0.4, -0.2) is 41.2 Å². The summed E-state index contributed by atoms with van der Waals surface area (Å²) in [5.41, 5.74) is 2.82. The lowest BCUT2D eigenvalue weighted by molar-refractivity contribution is 0.0330.